The Labute approximate surface area is 113 Å². The fourth-order valence-corrected chi connectivity index (χ4v) is 3.25. The second-order valence-corrected chi connectivity index (χ2v) is 5.44. The van der Waals surface area contributed by atoms with Crippen LogP contribution in [0.2, 0.25) is 0 Å². The molecule has 6 heteroatoms. The van der Waals surface area contributed by atoms with Crippen LogP contribution in [-0.4, -0.2) is 9.55 Å². The van der Waals surface area contributed by atoms with Crippen LogP contribution in [0.1, 0.15) is 16.7 Å². The lowest BCUT2D eigenvalue weighted by molar-refractivity contribution is 0.588. The fourth-order valence-electron chi connectivity index (χ4n) is 2.11. The van der Waals surface area contributed by atoms with E-state index >= 15 is 0 Å². The van der Waals surface area contributed by atoms with Crippen LogP contribution < -0.4 is 11.3 Å². The maximum atomic E-state index is 13.2. The molecule has 1 atom stereocenters. The monoisotopic (exact) mass is 276 g/mol. The third-order valence-electron chi connectivity index (χ3n) is 3.07. The molecular formula is C13H13FN4S. The normalized spacial score (nSPS) is 13.0. The van der Waals surface area contributed by atoms with Gasteiger partial charge in [-0.3, -0.25) is 5.84 Å². The number of thiophene rings is 1. The van der Waals surface area contributed by atoms with Crippen LogP contribution in [0.3, 0.4) is 0 Å². The number of hydrogen-bond acceptors (Lipinski definition) is 4. The lowest BCUT2D eigenvalue weighted by Crippen LogP contribution is -2.30. The molecule has 0 amide bonds. The number of aromatic nitrogens is 2. The molecule has 98 valence electrons. The maximum absolute atomic E-state index is 13.2. The number of fused-ring (bicyclic) bond motifs is 1. The van der Waals surface area contributed by atoms with Crippen LogP contribution in [0.5, 0.6) is 0 Å². The Balaban J connectivity index is 2.09. The molecule has 4 nitrogen and oxygen atoms in total. The highest BCUT2D eigenvalue weighted by molar-refractivity contribution is 7.19. The van der Waals surface area contributed by atoms with Crippen LogP contribution in [0.25, 0.3) is 10.1 Å². The summed E-state index contributed by atoms with van der Waals surface area (Å²) in [5.74, 6) is 6.25. The number of rotatable bonds is 3. The van der Waals surface area contributed by atoms with Gasteiger partial charge in [-0.05, 0) is 23.6 Å². The lowest BCUT2D eigenvalue weighted by atomic mass is 10.2. The van der Waals surface area contributed by atoms with Crippen LogP contribution >= 0.6 is 11.3 Å². The number of halogens is 1. The Bertz CT molecular complexity index is 718. The standard InChI is InChI=1S/C13H13FN4S/c1-18-5-4-16-13(18)12(17-15)11-6-8-2-3-9(14)7-10(8)19-11/h2-7,12,17H,15H2,1H3. The van der Waals surface area contributed by atoms with Crippen molar-refractivity contribution >= 4 is 21.4 Å². The van der Waals surface area contributed by atoms with E-state index in [9.17, 15) is 4.39 Å². The smallest absolute Gasteiger partial charge is 0.132 e. The number of aryl methyl sites for hydroxylation is 1. The van der Waals surface area contributed by atoms with E-state index in [0.29, 0.717) is 0 Å². The molecule has 0 bridgehead atoms. The minimum atomic E-state index is -0.227. The van der Waals surface area contributed by atoms with Gasteiger partial charge in [-0.1, -0.05) is 6.07 Å². The highest BCUT2D eigenvalue weighted by Crippen LogP contribution is 2.32. The number of hydrogen-bond donors (Lipinski definition) is 2. The summed E-state index contributed by atoms with van der Waals surface area (Å²) in [6.45, 7) is 0. The molecule has 3 N–H and O–H groups in total. The van der Waals surface area contributed by atoms with Gasteiger partial charge in [0.15, 0.2) is 0 Å². The van der Waals surface area contributed by atoms with Gasteiger partial charge in [-0.25, -0.2) is 14.8 Å². The molecule has 1 aromatic carbocycles. The van der Waals surface area contributed by atoms with Gasteiger partial charge in [0.2, 0.25) is 0 Å². The maximum Gasteiger partial charge on any atom is 0.132 e. The van der Waals surface area contributed by atoms with Crippen LogP contribution in [-0.2, 0) is 7.05 Å². The first-order chi connectivity index (χ1) is 9.19. The van der Waals surface area contributed by atoms with Crippen molar-refractivity contribution in [2.45, 2.75) is 6.04 Å². The molecule has 0 saturated carbocycles. The zero-order chi connectivity index (χ0) is 13.4. The van der Waals surface area contributed by atoms with E-state index in [0.717, 1.165) is 20.8 Å². The van der Waals surface area contributed by atoms with Gasteiger partial charge in [-0.2, -0.15) is 0 Å². The second kappa shape index (κ2) is 4.73. The molecule has 3 rings (SSSR count). The average molecular weight is 276 g/mol. The molecule has 0 aliphatic rings. The van der Waals surface area contributed by atoms with E-state index < -0.39 is 0 Å². The molecule has 2 heterocycles. The Morgan fingerprint density at radius 2 is 2.26 bits per heavy atom. The van der Waals surface area contributed by atoms with Gasteiger partial charge in [-0.15, -0.1) is 11.3 Å². The third-order valence-corrected chi connectivity index (χ3v) is 4.23. The number of nitrogens with two attached hydrogens (primary N) is 1. The molecule has 0 saturated heterocycles. The van der Waals surface area contributed by atoms with Gasteiger partial charge in [0.25, 0.3) is 0 Å². The average Bonchev–Trinajstić information content (AvgIpc) is 2.97. The Hall–Kier alpha value is -1.76. The Kier molecular flexibility index (Phi) is 3.06. The summed E-state index contributed by atoms with van der Waals surface area (Å²) in [5.41, 5.74) is 2.77. The molecule has 0 spiro atoms. The molecular weight excluding hydrogens is 263 g/mol. The van der Waals surface area contributed by atoms with Crippen molar-refractivity contribution in [1.29, 1.82) is 0 Å². The summed E-state index contributed by atoms with van der Waals surface area (Å²) < 4.78 is 16.0. The lowest BCUT2D eigenvalue weighted by Gasteiger charge is -2.13. The highest BCUT2D eigenvalue weighted by atomic mass is 32.1. The molecule has 2 aromatic heterocycles. The summed E-state index contributed by atoms with van der Waals surface area (Å²) in [6, 6.07) is 6.59. The minimum absolute atomic E-state index is 0.194. The van der Waals surface area contributed by atoms with Crippen molar-refractivity contribution in [3.63, 3.8) is 0 Å². The van der Waals surface area contributed by atoms with E-state index in [4.69, 9.17) is 5.84 Å². The summed E-state index contributed by atoms with van der Waals surface area (Å²) in [4.78, 5) is 5.32. The van der Waals surface area contributed by atoms with Crippen molar-refractivity contribution in [2.24, 2.45) is 12.9 Å². The first-order valence-electron chi connectivity index (χ1n) is 5.81. The van der Waals surface area contributed by atoms with E-state index in [-0.39, 0.29) is 11.9 Å². The van der Waals surface area contributed by atoms with Gasteiger partial charge in [0.05, 0.1) is 0 Å². The second-order valence-electron chi connectivity index (χ2n) is 4.33. The van der Waals surface area contributed by atoms with Gasteiger partial charge in [0.1, 0.15) is 17.7 Å². The minimum Gasteiger partial charge on any atom is -0.336 e. The Morgan fingerprint density at radius 1 is 1.42 bits per heavy atom. The quantitative estimate of drug-likeness (QED) is 0.570. The van der Waals surface area contributed by atoms with E-state index in [1.807, 2.05) is 23.9 Å². The zero-order valence-electron chi connectivity index (χ0n) is 10.3. The third kappa shape index (κ3) is 2.14. The number of hydrazine groups is 1. The summed E-state index contributed by atoms with van der Waals surface area (Å²) in [7, 11) is 1.92. The van der Waals surface area contributed by atoms with Crippen molar-refractivity contribution < 1.29 is 4.39 Å². The van der Waals surface area contributed by atoms with E-state index in [2.05, 4.69) is 10.4 Å². The molecule has 0 aliphatic carbocycles. The van der Waals surface area contributed by atoms with Crippen molar-refractivity contribution in [1.82, 2.24) is 15.0 Å². The number of benzene rings is 1. The van der Waals surface area contributed by atoms with E-state index in [1.54, 1.807) is 12.3 Å². The van der Waals surface area contributed by atoms with E-state index in [1.165, 1.54) is 23.5 Å². The topological polar surface area (TPSA) is 55.9 Å². The van der Waals surface area contributed by atoms with Gasteiger partial charge in [0, 0.05) is 29.0 Å². The molecule has 1 unspecified atom stereocenters. The number of imidazole rings is 1. The fraction of sp³-hybridized carbons (Fsp3) is 0.154. The zero-order valence-corrected chi connectivity index (χ0v) is 11.1. The summed E-state index contributed by atoms with van der Waals surface area (Å²) >= 11 is 1.52. The molecule has 19 heavy (non-hydrogen) atoms. The largest absolute Gasteiger partial charge is 0.336 e. The first-order valence-corrected chi connectivity index (χ1v) is 6.63. The molecule has 0 fully saturated rings. The van der Waals surface area contributed by atoms with Crippen LogP contribution in [0.4, 0.5) is 4.39 Å². The summed E-state index contributed by atoms with van der Waals surface area (Å²) in [6.07, 6.45) is 3.60. The SMILES string of the molecule is Cn1ccnc1C(NN)c1cc2ccc(F)cc2s1. The summed E-state index contributed by atoms with van der Waals surface area (Å²) in [5, 5.41) is 1.01. The molecule has 3 aromatic rings. The van der Waals surface area contributed by atoms with Crippen LogP contribution in [0.15, 0.2) is 36.7 Å². The van der Waals surface area contributed by atoms with Gasteiger partial charge < -0.3 is 4.57 Å². The highest BCUT2D eigenvalue weighted by Gasteiger charge is 2.19. The van der Waals surface area contributed by atoms with Crippen molar-refractivity contribution in [3.05, 3.63) is 53.2 Å². The van der Waals surface area contributed by atoms with Crippen molar-refractivity contribution in [2.75, 3.05) is 0 Å². The predicted molar refractivity (Wildman–Crippen MR) is 74.2 cm³/mol. The first kappa shape index (κ1) is 12.3. The number of nitrogens with zero attached hydrogens (tertiary/aromatic N) is 2. The number of nitrogens with one attached hydrogen (secondary N) is 1. The molecule has 0 aliphatic heterocycles. The molecule has 0 radical (unpaired) electrons. The van der Waals surface area contributed by atoms with Crippen LogP contribution in [0, 0.1) is 5.82 Å². The van der Waals surface area contributed by atoms with Crippen molar-refractivity contribution in [3.8, 4) is 0 Å². The van der Waals surface area contributed by atoms with Gasteiger partial charge >= 0.3 is 0 Å². The predicted octanol–water partition coefficient (Wildman–Crippen LogP) is 2.33. The Morgan fingerprint density at radius 3 is 2.95 bits per heavy atom.